The van der Waals surface area contributed by atoms with Gasteiger partial charge in [0.05, 0.1) is 40.6 Å². The molecule has 21 heavy (non-hydrogen) atoms. The molecule has 0 aliphatic heterocycles. The maximum Gasteiger partial charge on any atom is 0.193 e. The molecule has 0 amide bonds. The summed E-state index contributed by atoms with van der Waals surface area (Å²) in [5, 5.41) is 2.98. The number of benzene rings is 1. The van der Waals surface area contributed by atoms with Crippen LogP contribution in [0.4, 0.5) is 5.69 Å². The van der Waals surface area contributed by atoms with Crippen LogP contribution >= 0.6 is 0 Å². The van der Waals surface area contributed by atoms with Crippen molar-refractivity contribution in [2.75, 3.05) is 53.0 Å². The largest absolute Gasteiger partial charge is 0.493 e. The Kier molecular flexibility index (Phi) is 8.00. The Labute approximate surface area is 125 Å². The van der Waals surface area contributed by atoms with E-state index >= 15 is 0 Å². The van der Waals surface area contributed by atoms with Crippen molar-refractivity contribution in [2.24, 2.45) is 10.7 Å². The summed E-state index contributed by atoms with van der Waals surface area (Å²) in [6, 6.07) is 5.41. The Morgan fingerprint density at radius 3 is 2.52 bits per heavy atom. The average molecular weight is 297 g/mol. The van der Waals surface area contributed by atoms with Gasteiger partial charge in [-0.05, 0) is 12.1 Å². The van der Waals surface area contributed by atoms with Gasteiger partial charge < -0.3 is 30.0 Å². The molecule has 0 unspecified atom stereocenters. The number of nitrogens with two attached hydrogens (primary N) is 1. The van der Waals surface area contributed by atoms with Gasteiger partial charge in [-0.25, -0.2) is 0 Å². The molecule has 0 saturated heterocycles. The van der Waals surface area contributed by atoms with Crippen LogP contribution in [0, 0.1) is 0 Å². The van der Waals surface area contributed by atoms with Gasteiger partial charge in [0.1, 0.15) is 0 Å². The van der Waals surface area contributed by atoms with Crippen molar-refractivity contribution in [3.05, 3.63) is 18.2 Å². The van der Waals surface area contributed by atoms with Crippen LogP contribution in [0.3, 0.4) is 0 Å². The molecule has 0 fully saturated rings. The minimum atomic E-state index is 0.317. The maximum atomic E-state index is 5.80. The topological polar surface area (TPSA) is 87.3 Å². The lowest BCUT2D eigenvalue weighted by molar-refractivity contribution is 0.0748. The van der Waals surface area contributed by atoms with E-state index in [2.05, 4.69) is 10.3 Å². The Balaban J connectivity index is 2.44. The van der Waals surface area contributed by atoms with E-state index in [9.17, 15) is 0 Å². The highest BCUT2D eigenvalue weighted by molar-refractivity contribution is 5.92. The minimum Gasteiger partial charge on any atom is -0.493 e. The molecule has 0 bridgehead atoms. The van der Waals surface area contributed by atoms with E-state index in [1.54, 1.807) is 33.5 Å². The summed E-state index contributed by atoms with van der Waals surface area (Å²) in [7, 11) is 4.80. The van der Waals surface area contributed by atoms with Gasteiger partial charge in [0.2, 0.25) is 0 Å². The molecular formula is C14H23N3O4. The minimum absolute atomic E-state index is 0.317. The summed E-state index contributed by atoms with van der Waals surface area (Å²) in [5.41, 5.74) is 6.57. The zero-order valence-corrected chi connectivity index (χ0v) is 12.7. The molecule has 7 nitrogen and oxygen atoms in total. The van der Waals surface area contributed by atoms with Crippen molar-refractivity contribution in [2.45, 2.75) is 0 Å². The third-order valence-corrected chi connectivity index (χ3v) is 2.61. The maximum absolute atomic E-state index is 5.80. The number of methoxy groups -OCH3 is 3. The summed E-state index contributed by atoms with van der Waals surface area (Å²) < 4.78 is 20.5. The lowest BCUT2D eigenvalue weighted by atomic mass is 10.3. The molecule has 118 valence electrons. The Morgan fingerprint density at radius 1 is 1.10 bits per heavy atom. The quantitative estimate of drug-likeness (QED) is 0.403. The van der Waals surface area contributed by atoms with Crippen LogP contribution < -0.4 is 20.5 Å². The fourth-order valence-electron chi connectivity index (χ4n) is 1.58. The van der Waals surface area contributed by atoms with Crippen LogP contribution in [-0.4, -0.2) is 53.7 Å². The number of aliphatic imine (C=N–C) groups is 1. The number of rotatable bonds is 9. The molecule has 3 N–H and O–H groups in total. The molecule has 0 saturated carbocycles. The second kappa shape index (κ2) is 9.84. The molecule has 1 rings (SSSR count). The molecule has 0 radical (unpaired) electrons. The Morgan fingerprint density at radius 2 is 1.86 bits per heavy atom. The van der Waals surface area contributed by atoms with Crippen molar-refractivity contribution >= 4 is 11.6 Å². The third kappa shape index (κ3) is 6.33. The number of nitrogens with zero attached hydrogens (tertiary/aromatic N) is 1. The van der Waals surface area contributed by atoms with Crippen molar-refractivity contribution in [3.8, 4) is 11.5 Å². The molecule has 0 aliphatic carbocycles. The van der Waals surface area contributed by atoms with Crippen molar-refractivity contribution < 1.29 is 18.9 Å². The lowest BCUT2D eigenvalue weighted by Gasteiger charge is -2.11. The number of ether oxygens (including phenoxy) is 4. The monoisotopic (exact) mass is 297 g/mol. The second-order valence-corrected chi connectivity index (χ2v) is 4.07. The lowest BCUT2D eigenvalue weighted by Crippen LogP contribution is -2.23. The van der Waals surface area contributed by atoms with Gasteiger partial charge in [-0.3, -0.25) is 4.99 Å². The summed E-state index contributed by atoms with van der Waals surface area (Å²) in [6.07, 6.45) is 0. The first kappa shape index (κ1) is 17.1. The molecule has 0 aromatic heterocycles. The molecule has 0 spiro atoms. The van der Waals surface area contributed by atoms with E-state index < -0.39 is 0 Å². The van der Waals surface area contributed by atoms with Crippen LogP contribution in [0.5, 0.6) is 11.5 Å². The predicted molar refractivity (Wildman–Crippen MR) is 82.4 cm³/mol. The third-order valence-electron chi connectivity index (χ3n) is 2.61. The Hall–Kier alpha value is -1.99. The van der Waals surface area contributed by atoms with Crippen molar-refractivity contribution in [1.82, 2.24) is 0 Å². The van der Waals surface area contributed by atoms with Gasteiger partial charge in [0, 0.05) is 18.9 Å². The van der Waals surface area contributed by atoms with Crippen molar-refractivity contribution in [3.63, 3.8) is 0 Å². The fourth-order valence-corrected chi connectivity index (χ4v) is 1.58. The molecular weight excluding hydrogens is 274 g/mol. The average Bonchev–Trinajstić information content (AvgIpc) is 2.50. The predicted octanol–water partition coefficient (Wildman–Crippen LogP) is 1.09. The summed E-state index contributed by atoms with van der Waals surface area (Å²) in [6.45, 7) is 2.10. The van der Waals surface area contributed by atoms with Gasteiger partial charge in [-0.2, -0.15) is 0 Å². The van der Waals surface area contributed by atoms with Gasteiger partial charge in [0.25, 0.3) is 0 Å². The smallest absolute Gasteiger partial charge is 0.193 e. The second-order valence-electron chi connectivity index (χ2n) is 4.07. The molecule has 1 aromatic rings. The first-order valence-corrected chi connectivity index (χ1v) is 6.57. The van der Waals surface area contributed by atoms with Crippen LogP contribution in [-0.2, 0) is 9.47 Å². The summed E-state index contributed by atoms with van der Waals surface area (Å²) in [5.74, 6) is 1.60. The number of guanidine groups is 1. The molecule has 0 atom stereocenters. The molecule has 0 heterocycles. The number of hydrogen-bond donors (Lipinski definition) is 2. The van der Waals surface area contributed by atoms with Crippen LogP contribution in [0.1, 0.15) is 0 Å². The van der Waals surface area contributed by atoms with Gasteiger partial charge >= 0.3 is 0 Å². The van der Waals surface area contributed by atoms with E-state index in [0.29, 0.717) is 43.8 Å². The Bertz CT molecular complexity index is 452. The number of anilines is 1. The summed E-state index contributed by atoms with van der Waals surface area (Å²) >= 11 is 0. The highest BCUT2D eigenvalue weighted by Gasteiger charge is 2.04. The van der Waals surface area contributed by atoms with Crippen LogP contribution in [0.15, 0.2) is 23.2 Å². The van der Waals surface area contributed by atoms with Crippen LogP contribution in [0.2, 0.25) is 0 Å². The first-order chi connectivity index (χ1) is 10.2. The first-order valence-electron chi connectivity index (χ1n) is 6.57. The normalized spacial score (nSPS) is 11.3. The van der Waals surface area contributed by atoms with Gasteiger partial charge in [0.15, 0.2) is 17.5 Å². The fraction of sp³-hybridized carbons (Fsp3) is 0.500. The van der Waals surface area contributed by atoms with Gasteiger partial charge in [-0.15, -0.1) is 0 Å². The van der Waals surface area contributed by atoms with E-state index in [0.717, 1.165) is 5.69 Å². The van der Waals surface area contributed by atoms with E-state index in [-0.39, 0.29) is 0 Å². The number of hydrogen-bond acceptors (Lipinski definition) is 5. The standard InChI is InChI=1S/C14H23N3O4/c1-18-8-9-21-7-6-16-14(15)17-11-4-5-12(19-2)13(10-11)20-3/h4-5,10H,6-9H2,1-3H3,(H3,15,16,17). The zero-order valence-electron chi connectivity index (χ0n) is 12.7. The number of nitrogens with one attached hydrogen (secondary N) is 1. The summed E-state index contributed by atoms with van der Waals surface area (Å²) in [4.78, 5) is 4.16. The van der Waals surface area contributed by atoms with Gasteiger partial charge in [-0.1, -0.05) is 0 Å². The molecule has 0 aliphatic rings. The zero-order chi connectivity index (χ0) is 15.5. The van der Waals surface area contributed by atoms with Crippen LogP contribution in [0.25, 0.3) is 0 Å². The van der Waals surface area contributed by atoms with E-state index in [1.807, 2.05) is 6.07 Å². The highest BCUT2D eigenvalue weighted by atomic mass is 16.5. The SMILES string of the molecule is COCCOCCN=C(N)Nc1ccc(OC)c(OC)c1. The molecule has 1 aromatic carbocycles. The van der Waals surface area contributed by atoms with Crippen molar-refractivity contribution in [1.29, 1.82) is 0 Å². The van der Waals surface area contributed by atoms with E-state index in [4.69, 9.17) is 24.7 Å². The highest BCUT2D eigenvalue weighted by Crippen LogP contribution is 2.29. The van der Waals surface area contributed by atoms with E-state index in [1.165, 1.54) is 0 Å². The molecule has 7 heteroatoms.